The average molecular weight is 244 g/mol. The summed E-state index contributed by atoms with van der Waals surface area (Å²) in [6, 6.07) is 9.43. The Morgan fingerprint density at radius 1 is 1.06 bits per heavy atom. The van der Waals surface area contributed by atoms with Crippen LogP contribution in [0.5, 0.6) is 17.5 Å². The van der Waals surface area contributed by atoms with Gasteiger partial charge < -0.3 is 15.2 Å². The molecular weight excluding hydrogens is 228 g/mol. The predicted molar refractivity (Wildman–Crippen MR) is 71.2 cm³/mol. The normalized spacial score (nSPS) is 10.2. The molecule has 0 aliphatic heterocycles. The molecule has 1 aromatic carbocycles. The number of pyridine rings is 1. The van der Waals surface area contributed by atoms with Gasteiger partial charge in [-0.05, 0) is 31.0 Å². The molecule has 2 aromatic rings. The first-order chi connectivity index (χ1) is 8.61. The van der Waals surface area contributed by atoms with E-state index in [0.717, 1.165) is 16.9 Å². The highest BCUT2D eigenvalue weighted by Gasteiger charge is 2.08. The molecule has 0 aliphatic carbocycles. The molecule has 1 aromatic heterocycles. The molecule has 4 nitrogen and oxygen atoms in total. The number of ether oxygens (including phenoxy) is 2. The zero-order valence-corrected chi connectivity index (χ0v) is 10.7. The topological polar surface area (TPSA) is 57.4 Å². The molecule has 0 amide bonds. The number of para-hydroxylation sites is 1. The van der Waals surface area contributed by atoms with Gasteiger partial charge in [0, 0.05) is 6.07 Å². The average Bonchev–Trinajstić information content (AvgIpc) is 2.36. The van der Waals surface area contributed by atoms with Crippen LogP contribution in [-0.4, -0.2) is 12.1 Å². The lowest BCUT2D eigenvalue weighted by molar-refractivity contribution is 0.384. The molecule has 0 saturated carbocycles. The fourth-order valence-corrected chi connectivity index (χ4v) is 1.72. The molecule has 0 bridgehead atoms. The molecule has 2 rings (SSSR count). The number of nitrogens with zero attached hydrogens (tertiary/aromatic N) is 1. The fourth-order valence-electron chi connectivity index (χ4n) is 1.72. The van der Waals surface area contributed by atoms with Crippen molar-refractivity contribution in [3.63, 3.8) is 0 Å². The lowest BCUT2D eigenvalue weighted by Gasteiger charge is -2.11. The molecule has 0 atom stereocenters. The molecule has 0 spiro atoms. The maximum absolute atomic E-state index is 5.79. The number of aromatic nitrogens is 1. The summed E-state index contributed by atoms with van der Waals surface area (Å²) in [6.07, 6.45) is 0. The molecule has 0 radical (unpaired) electrons. The van der Waals surface area contributed by atoms with Crippen molar-refractivity contribution in [1.82, 2.24) is 4.98 Å². The van der Waals surface area contributed by atoms with E-state index in [1.54, 1.807) is 12.1 Å². The van der Waals surface area contributed by atoms with E-state index in [1.807, 2.05) is 32.0 Å². The van der Waals surface area contributed by atoms with Crippen molar-refractivity contribution in [2.45, 2.75) is 13.8 Å². The van der Waals surface area contributed by atoms with Crippen molar-refractivity contribution in [3.8, 4) is 17.5 Å². The lowest BCUT2D eigenvalue weighted by Crippen LogP contribution is -1.98. The second kappa shape index (κ2) is 4.96. The van der Waals surface area contributed by atoms with E-state index in [0.29, 0.717) is 17.4 Å². The zero-order valence-electron chi connectivity index (χ0n) is 10.7. The van der Waals surface area contributed by atoms with E-state index >= 15 is 0 Å². The maximum Gasteiger partial charge on any atom is 0.240 e. The van der Waals surface area contributed by atoms with Gasteiger partial charge >= 0.3 is 0 Å². The van der Waals surface area contributed by atoms with Crippen LogP contribution in [0.3, 0.4) is 0 Å². The molecule has 0 unspecified atom stereocenters. The van der Waals surface area contributed by atoms with Crippen molar-refractivity contribution in [2.75, 3.05) is 12.8 Å². The molecule has 0 saturated heterocycles. The monoisotopic (exact) mass is 244 g/mol. The van der Waals surface area contributed by atoms with Gasteiger partial charge in [-0.2, -0.15) is 4.98 Å². The van der Waals surface area contributed by atoms with Crippen molar-refractivity contribution < 1.29 is 9.47 Å². The van der Waals surface area contributed by atoms with Gasteiger partial charge in [-0.1, -0.05) is 18.2 Å². The minimum atomic E-state index is 0.374. The summed E-state index contributed by atoms with van der Waals surface area (Å²) in [7, 11) is 1.53. The van der Waals surface area contributed by atoms with E-state index in [2.05, 4.69) is 4.98 Å². The summed E-state index contributed by atoms with van der Waals surface area (Å²) in [5.74, 6) is 1.66. The Kier molecular flexibility index (Phi) is 3.37. The number of aryl methyl sites for hydroxylation is 2. The molecule has 94 valence electrons. The van der Waals surface area contributed by atoms with E-state index in [4.69, 9.17) is 15.2 Å². The number of methoxy groups -OCH3 is 1. The Morgan fingerprint density at radius 3 is 2.33 bits per heavy atom. The Labute approximate surface area is 106 Å². The van der Waals surface area contributed by atoms with Crippen LogP contribution in [0.25, 0.3) is 0 Å². The SMILES string of the molecule is COc1nc(Oc2c(C)cccc2C)ccc1N. The third kappa shape index (κ3) is 2.37. The number of hydrogen-bond donors (Lipinski definition) is 1. The van der Waals surface area contributed by atoms with E-state index < -0.39 is 0 Å². The first kappa shape index (κ1) is 12.2. The molecule has 0 aliphatic rings. The number of benzene rings is 1. The minimum absolute atomic E-state index is 0.374. The summed E-state index contributed by atoms with van der Waals surface area (Å²) in [6.45, 7) is 3.99. The Hall–Kier alpha value is -2.23. The second-order valence-electron chi connectivity index (χ2n) is 4.07. The molecule has 2 N–H and O–H groups in total. The highest BCUT2D eigenvalue weighted by Crippen LogP contribution is 2.29. The minimum Gasteiger partial charge on any atom is -0.479 e. The first-order valence-electron chi connectivity index (χ1n) is 5.66. The third-order valence-corrected chi connectivity index (χ3v) is 2.67. The van der Waals surface area contributed by atoms with Gasteiger partial charge in [-0.15, -0.1) is 0 Å². The van der Waals surface area contributed by atoms with Crippen molar-refractivity contribution in [2.24, 2.45) is 0 Å². The Morgan fingerprint density at radius 2 is 1.72 bits per heavy atom. The van der Waals surface area contributed by atoms with Crippen LogP contribution in [0.4, 0.5) is 5.69 Å². The van der Waals surface area contributed by atoms with Gasteiger partial charge in [0.25, 0.3) is 0 Å². The number of hydrogen-bond acceptors (Lipinski definition) is 4. The fraction of sp³-hybridized carbons (Fsp3) is 0.214. The summed E-state index contributed by atoms with van der Waals surface area (Å²) in [4.78, 5) is 4.20. The molecule has 4 heteroatoms. The summed E-state index contributed by atoms with van der Waals surface area (Å²) in [5.41, 5.74) is 8.33. The smallest absolute Gasteiger partial charge is 0.240 e. The zero-order chi connectivity index (χ0) is 13.1. The van der Waals surface area contributed by atoms with E-state index in [-0.39, 0.29) is 0 Å². The van der Waals surface area contributed by atoms with Gasteiger partial charge in [0.05, 0.1) is 12.8 Å². The Bertz CT molecular complexity index is 547. The highest BCUT2D eigenvalue weighted by atomic mass is 16.5. The third-order valence-electron chi connectivity index (χ3n) is 2.67. The largest absolute Gasteiger partial charge is 0.479 e. The Balaban J connectivity index is 2.34. The molecular formula is C14H16N2O2. The van der Waals surface area contributed by atoms with Gasteiger partial charge in [0.1, 0.15) is 5.75 Å². The highest BCUT2D eigenvalue weighted by molar-refractivity contribution is 5.50. The predicted octanol–water partition coefficient (Wildman–Crippen LogP) is 3.08. The summed E-state index contributed by atoms with van der Waals surface area (Å²) in [5, 5.41) is 0. The van der Waals surface area contributed by atoms with Crippen molar-refractivity contribution in [3.05, 3.63) is 41.5 Å². The number of nitrogens with two attached hydrogens (primary N) is 1. The molecule has 18 heavy (non-hydrogen) atoms. The van der Waals surface area contributed by atoms with Crippen molar-refractivity contribution >= 4 is 5.69 Å². The van der Waals surface area contributed by atoms with Gasteiger partial charge in [-0.3, -0.25) is 0 Å². The van der Waals surface area contributed by atoms with Gasteiger partial charge in [0.15, 0.2) is 0 Å². The van der Waals surface area contributed by atoms with Crippen LogP contribution >= 0.6 is 0 Å². The second-order valence-corrected chi connectivity index (χ2v) is 4.07. The van der Waals surface area contributed by atoms with Crippen LogP contribution in [0, 0.1) is 13.8 Å². The van der Waals surface area contributed by atoms with E-state index in [9.17, 15) is 0 Å². The number of rotatable bonds is 3. The quantitative estimate of drug-likeness (QED) is 0.901. The van der Waals surface area contributed by atoms with Crippen LogP contribution in [0.1, 0.15) is 11.1 Å². The standard InChI is InChI=1S/C14H16N2O2/c1-9-5-4-6-10(2)13(9)18-12-8-7-11(15)14(16-12)17-3/h4-8H,15H2,1-3H3. The molecule has 0 fully saturated rings. The van der Waals surface area contributed by atoms with Gasteiger partial charge in [0.2, 0.25) is 11.8 Å². The molecule has 1 heterocycles. The lowest BCUT2D eigenvalue weighted by atomic mass is 10.1. The number of nitrogen functional groups attached to an aromatic ring is 1. The first-order valence-corrected chi connectivity index (χ1v) is 5.66. The maximum atomic E-state index is 5.79. The number of anilines is 1. The van der Waals surface area contributed by atoms with Crippen LogP contribution in [0.15, 0.2) is 30.3 Å². The van der Waals surface area contributed by atoms with Crippen LogP contribution in [-0.2, 0) is 0 Å². The summed E-state index contributed by atoms with van der Waals surface area (Å²) < 4.78 is 10.9. The summed E-state index contributed by atoms with van der Waals surface area (Å²) >= 11 is 0. The van der Waals surface area contributed by atoms with Crippen LogP contribution < -0.4 is 15.2 Å². The van der Waals surface area contributed by atoms with Crippen molar-refractivity contribution in [1.29, 1.82) is 0 Å². The van der Waals surface area contributed by atoms with Gasteiger partial charge in [-0.25, -0.2) is 0 Å². The van der Waals surface area contributed by atoms with E-state index in [1.165, 1.54) is 7.11 Å². The van der Waals surface area contributed by atoms with Crippen LogP contribution in [0.2, 0.25) is 0 Å².